The summed E-state index contributed by atoms with van der Waals surface area (Å²) in [7, 11) is 1.61. The van der Waals surface area contributed by atoms with Gasteiger partial charge in [0.25, 0.3) is 0 Å². The summed E-state index contributed by atoms with van der Waals surface area (Å²) in [5.41, 5.74) is 17.2. The van der Waals surface area contributed by atoms with Crippen LogP contribution in [0.15, 0.2) is 11.8 Å². The van der Waals surface area contributed by atoms with Gasteiger partial charge in [0, 0.05) is 12.1 Å². The topological polar surface area (TPSA) is 217 Å². The average molecular weight is 476 g/mol. The van der Waals surface area contributed by atoms with Crippen molar-refractivity contribution in [1.29, 1.82) is 0 Å². The highest BCUT2D eigenvalue weighted by Crippen LogP contribution is 2.31. The summed E-state index contributed by atoms with van der Waals surface area (Å²) in [6.45, 7) is 1.63. The molecule has 1 amide bonds. The van der Waals surface area contributed by atoms with Crippen molar-refractivity contribution in [3.8, 4) is 0 Å². The predicted octanol–water partition coefficient (Wildman–Crippen LogP) is -4.06. The Bertz CT molecular complexity index is 697. The zero-order valence-corrected chi connectivity index (χ0v) is 18.9. The number of carbonyl (C=O) groups is 1. The van der Waals surface area contributed by atoms with Gasteiger partial charge >= 0.3 is 0 Å². The monoisotopic (exact) mass is 475 g/mol. The highest BCUT2D eigenvalue weighted by molar-refractivity contribution is 5.46. The summed E-state index contributed by atoms with van der Waals surface area (Å²) in [5, 5.41) is 37.5. The number of aliphatic hydroxyl groups excluding tert-OH is 2. The molecule has 0 spiro atoms. The first-order chi connectivity index (χ1) is 15.6. The Labute approximate surface area is 192 Å². The lowest BCUT2D eigenvalue weighted by Gasteiger charge is -2.48. The van der Waals surface area contributed by atoms with Crippen molar-refractivity contribution in [1.82, 2.24) is 10.6 Å². The SMILES string of the molecule is CNC1C(O)C(OC2C(N)CC(N)C(OC3OC(CNC=O)=CCC3N)C2O)OCC1(C)O. The van der Waals surface area contributed by atoms with Gasteiger partial charge in [0.1, 0.15) is 35.8 Å². The third-order valence-corrected chi connectivity index (χ3v) is 6.38. The van der Waals surface area contributed by atoms with Crippen molar-refractivity contribution in [2.24, 2.45) is 17.2 Å². The van der Waals surface area contributed by atoms with Gasteiger partial charge in [-0.3, -0.25) is 4.79 Å². The number of hydrogen-bond donors (Lipinski definition) is 8. The molecule has 33 heavy (non-hydrogen) atoms. The fourth-order valence-electron chi connectivity index (χ4n) is 4.56. The Hall–Kier alpha value is -1.39. The van der Waals surface area contributed by atoms with Crippen LogP contribution in [0.4, 0.5) is 0 Å². The Morgan fingerprint density at radius 1 is 1.15 bits per heavy atom. The zero-order valence-electron chi connectivity index (χ0n) is 18.9. The van der Waals surface area contributed by atoms with Crippen molar-refractivity contribution in [2.45, 2.75) is 86.5 Å². The molecule has 11 unspecified atom stereocenters. The molecule has 1 saturated carbocycles. The normalized spacial score (nSPS) is 46.2. The van der Waals surface area contributed by atoms with Gasteiger partial charge in [-0.1, -0.05) is 0 Å². The maximum absolute atomic E-state index is 11.1. The highest BCUT2D eigenvalue weighted by atomic mass is 16.7. The molecular weight excluding hydrogens is 438 g/mol. The minimum Gasteiger partial charge on any atom is -0.466 e. The first-order valence-electron chi connectivity index (χ1n) is 11.1. The van der Waals surface area contributed by atoms with Gasteiger partial charge in [-0.25, -0.2) is 0 Å². The quantitative estimate of drug-likeness (QED) is 0.157. The van der Waals surface area contributed by atoms with E-state index in [-0.39, 0.29) is 19.6 Å². The van der Waals surface area contributed by atoms with Crippen molar-refractivity contribution < 1.29 is 39.1 Å². The van der Waals surface area contributed by atoms with E-state index in [2.05, 4.69) is 10.6 Å². The van der Waals surface area contributed by atoms with Gasteiger partial charge < -0.3 is 62.1 Å². The molecule has 11 atom stereocenters. The fourth-order valence-corrected chi connectivity index (χ4v) is 4.56. The average Bonchev–Trinajstić information content (AvgIpc) is 2.75. The standard InChI is InChI=1S/C20H37N5O8/c1-20(29)7-30-19(14(28)17(20)24-2)33-16-12(23)5-11(22)15(13(16)27)32-18-10(21)4-3-9(31-18)6-25-8-26/h3,8,10-19,24,27-29H,4-7,21-23H2,1-2H3,(H,25,26). The molecule has 13 nitrogen and oxygen atoms in total. The number of nitrogens with two attached hydrogens (primary N) is 3. The molecule has 190 valence electrons. The summed E-state index contributed by atoms with van der Waals surface area (Å²) < 4.78 is 23.1. The number of amides is 1. The van der Waals surface area contributed by atoms with E-state index in [1.54, 1.807) is 20.0 Å². The molecule has 0 radical (unpaired) electrons. The van der Waals surface area contributed by atoms with Gasteiger partial charge in [0.2, 0.25) is 12.7 Å². The third kappa shape index (κ3) is 5.82. The van der Waals surface area contributed by atoms with Gasteiger partial charge in [-0.2, -0.15) is 0 Å². The Morgan fingerprint density at radius 3 is 2.39 bits per heavy atom. The van der Waals surface area contributed by atoms with E-state index in [1.165, 1.54) is 0 Å². The summed E-state index contributed by atoms with van der Waals surface area (Å²) in [6.07, 6.45) is -3.40. The second-order valence-corrected chi connectivity index (χ2v) is 9.10. The predicted molar refractivity (Wildman–Crippen MR) is 115 cm³/mol. The van der Waals surface area contributed by atoms with Crippen molar-refractivity contribution in [2.75, 3.05) is 20.2 Å². The molecule has 13 heteroatoms. The molecular formula is C20H37N5O8. The van der Waals surface area contributed by atoms with Crippen molar-refractivity contribution in [3.63, 3.8) is 0 Å². The van der Waals surface area contributed by atoms with E-state index < -0.39 is 66.8 Å². The first kappa shape index (κ1) is 26.2. The van der Waals surface area contributed by atoms with E-state index in [1.807, 2.05) is 0 Å². The number of rotatable bonds is 8. The molecule has 2 fully saturated rings. The van der Waals surface area contributed by atoms with Crippen LogP contribution < -0.4 is 27.8 Å². The molecule has 11 N–H and O–H groups in total. The molecule has 1 aliphatic carbocycles. The first-order valence-corrected chi connectivity index (χ1v) is 11.1. The molecule has 3 rings (SSSR count). The summed E-state index contributed by atoms with van der Waals surface area (Å²) in [5.74, 6) is 0.487. The maximum Gasteiger partial charge on any atom is 0.215 e. The number of nitrogens with one attached hydrogen (secondary N) is 2. The Morgan fingerprint density at radius 2 is 1.79 bits per heavy atom. The Kier molecular flexibility index (Phi) is 8.66. The van der Waals surface area contributed by atoms with Crippen molar-refractivity contribution in [3.05, 3.63) is 11.8 Å². The summed E-state index contributed by atoms with van der Waals surface area (Å²) in [6, 6.07) is -2.52. The molecule has 2 heterocycles. The molecule has 0 bridgehead atoms. The lowest BCUT2D eigenvalue weighted by molar-refractivity contribution is -0.303. The number of hydrogen-bond acceptors (Lipinski definition) is 12. The molecule has 1 saturated heterocycles. The van der Waals surface area contributed by atoms with Crippen molar-refractivity contribution >= 4 is 6.41 Å². The van der Waals surface area contributed by atoms with E-state index >= 15 is 0 Å². The second-order valence-electron chi connectivity index (χ2n) is 9.10. The van der Waals surface area contributed by atoms with Gasteiger partial charge in [0.05, 0.1) is 25.2 Å². The van der Waals surface area contributed by atoms with Crippen LogP contribution in [0.1, 0.15) is 19.8 Å². The van der Waals surface area contributed by atoms with E-state index in [9.17, 15) is 20.1 Å². The van der Waals surface area contributed by atoms with Crippen LogP contribution in [-0.2, 0) is 23.7 Å². The van der Waals surface area contributed by atoms with Gasteiger partial charge in [-0.15, -0.1) is 0 Å². The largest absolute Gasteiger partial charge is 0.466 e. The van der Waals surface area contributed by atoms with Gasteiger partial charge in [-0.05, 0) is 32.9 Å². The van der Waals surface area contributed by atoms with E-state index in [0.717, 1.165) is 0 Å². The number of likely N-dealkylation sites (N-methyl/N-ethyl adjacent to an activating group) is 1. The molecule has 0 aromatic carbocycles. The number of carbonyl (C=O) groups excluding carboxylic acids is 1. The maximum atomic E-state index is 11.1. The highest BCUT2D eigenvalue weighted by Gasteiger charge is 2.50. The molecule has 2 aliphatic heterocycles. The van der Waals surface area contributed by atoms with Crippen LogP contribution in [0.2, 0.25) is 0 Å². The Balaban J connectivity index is 1.68. The minimum atomic E-state index is -1.31. The summed E-state index contributed by atoms with van der Waals surface area (Å²) in [4.78, 5) is 10.6. The van der Waals surface area contributed by atoms with Gasteiger partial charge in [0.15, 0.2) is 6.29 Å². The second kappa shape index (κ2) is 10.9. The molecule has 0 aromatic rings. The van der Waals surface area contributed by atoms with Crippen LogP contribution >= 0.6 is 0 Å². The number of ether oxygens (including phenoxy) is 4. The van der Waals surface area contributed by atoms with Crippen LogP contribution in [0.3, 0.4) is 0 Å². The molecule has 0 aromatic heterocycles. The van der Waals surface area contributed by atoms with E-state index in [4.69, 9.17) is 36.1 Å². The fraction of sp³-hybridized carbons (Fsp3) is 0.850. The third-order valence-electron chi connectivity index (χ3n) is 6.38. The van der Waals surface area contributed by atoms with Crippen LogP contribution in [-0.4, -0.2) is 109 Å². The van der Waals surface area contributed by atoms with Crippen LogP contribution in [0.25, 0.3) is 0 Å². The molecule has 3 aliphatic rings. The number of aliphatic hydroxyl groups is 3. The zero-order chi connectivity index (χ0) is 24.3. The lowest BCUT2D eigenvalue weighted by Crippen LogP contribution is -2.68. The van der Waals surface area contributed by atoms with Crippen LogP contribution in [0.5, 0.6) is 0 Å². The smallest absolute Gasteiger partial charge is 0.215 e. The van der Waals surface area contributed by atoms with Crippen LogP contribution in [0, 0.1) is 0 Å². The summed E-state index contributed by atoms with van der Waals surface area (Å²) >= 11 is 0. The lowest BCUT2D eigenvalue weighted by atomic mass is 9.84. The minimum absolute atomic E-state index is 0.0908. The van der Waals surface area contributed by atoms with E-state index in [0.29, 0.717) is 18.6 Å².